The monoisotopic (exact) mass is 129 g/mol. The molecule has 0 N–H and O–H groups in total. The fourth-order valence-corrected chi connectivity index (χ4v) is 0.725. The Hall–Kier alpha value is -1.51. The van der Waals surface area contributed by atoms with Crippen LogP contribution in [0.2, 0.25) is 0 Å². The predicted octanol–water partition coefficient (Wildman–Crippen LogP) is 0.625. The molecule has 10 heavy (non-hydrogen) atoms. The molecule has 0 aliphatic carbocycles. The number of hydrogen-bond donors (Lipinski definition) is 0. The average molecular weight is 129 g/mol. The van der Waals surface area contributed by atoms with Crippen molar-refractivity contribution in [2.45, 2.75) is 0 Å². The SMILES string of the molecule is [c]1[c]nc2ncccc2n1. The second kappa shape index (κ2) is 2.02. The van der Waals surface area contributed by atoms with Gasteiger partial charge in [-0.25, -0.2) is 15.0 Å². The van der Waals surface area contributed by atoms with Gasteiger partial charge in [0.25, 0.3) is 0 Å². The standard InChI is InChI=1S/C7H3N3/c1-2-6-7(9-3-1)10-5-4-8-6/h1-3H. The second-order valence-corrected chi connectivity index (χ2v) is 1.79. The van der Waals surface area contributed by atoms with E-state index in [9.17, 15) is 0 Å². The number of pyridine rings is 1. The van der Waals surface area contributed by atoms with E-state index in [0.29, 0.717) is 5.65 Å². The Kier molecular flexibility index (Phi) is 1.07. The molecule has 2 radical (unpaired) electrons. The van der Waals surface area contributed by atoms with E-state index in [0.717, 1.165) is 5.52 Å². The molecule has 0 aliphatic rings. The highest BCUT2D eigenvalue weighted by atomic mass is 14.9. The van der Waals surface area contributed by atoms with Crippen LogP contribution in [0.4, 0.5) is 0 Å². The lowest BCUT2D eigenvalue weighted by atomic mass is 10.4. The Balaban J connectivity index is 2.89. The Bertz CT molecular complexity index is 280. The number of fused-ring (bicyclic) bond motifs is 1. The van der Waals surface area contributed by atoms with Gasteiger partial charge in [-0.3, -0.25) is 0 Å². The molecule has 0 saturated heterocycles. The van der Waals surface area contributed by atoms with Gasteiger partial charge in [0.2, 0.25) is 0 Å². The van der Waals surface area contributed by atoms with Crippen LogP contribution in [0.25, 0.3) is 11.2 Å². The molecule has 0 bridgehead atoms. The molecular weight excluding hydrogens is 126 g/mol. The van der Waals surface area contributed by atoms with Crippen molar-refractivity contribution in [1.82, 2.24) is 15.0 Å². The summed E-state index contributed by atoms with van der Waals surface area (Å²) in [6.07, 6.45) is 6.67. The minimum Gasteiger partial charge on any atom is -0.240 e. The number of rotatable bonds is 0. The summed E-state index contributed by atoms with van der Waals surface area (Å²) in [7, 11) is 0. The van der Waals surface area contributed by atoms with Crippen LogP contribution in [0.15, 0.2) is 18.3 Å². The van der Waals surface area contributed by atoms with Crippen LogP contribution in [0.5, 0.6) is 0 Å². The van der Waals surface area contributed by atoms with E-state index in [1.165, 1.54) is 0 Å². The van der Waals surface area contributed by atoms with Crippen molar-refractivity contribution in [3.05, 3.63) is 30.7 Å². The molecule has 2 rings (SSSR count). The summed E-state index contributed by atoms with van der Waals surface area (Å²) in [5.41, 5.74) is 1.36. The highest BCUT2D eigenvalue weighted by Gasteiger charge is 1.90. The van der Waals surface area contributed by atoms with Crippen LogP contribution in [-0.4, -0.2) is 15.0 Å². The van der Waals surface area contributed by atoms with Crippen LogP contribution in [-0.2, 0) is 0 Å². The average Bonchev–Trinajstić information content (AvgIpc) is 2.05. The van der Waals surface area contributed by atoms with Crippen molar-refractivity contribution < 1.29 is 0 Å². The highest BCUT2D eigenvalue weighted by Crippen LogP contribution is 1.99. The van der Waals surface area contributed by atoms with Crippen LogP contribution in [0, 0.1) is 12.4 Å². The van der Waals surface area contributed by atoms with E-state index in [1.807, 2.05) is 12.1 Å². The van der Waals surface area contributed by atoms with E-state index in [4.69, 9.17) is 0 Å². The Morgan fingerprint density at radius 2 is 2.10 bits per heavy atom. The zero-order chi connectivity index (χ0) is 6.81. The van der Waals surface area contributed by atoms with Crippen LogP contribution in [0.3, 0.4) is 0 Å². The molecular formula is C7H3N3. The lowest BCUT2D eigenvalue weighted by molar-refractivity contribution is 1.20. The first-order valence-corrected chi connectivity index (χ1v) is 2.83. The van der Waals surface area contributed by atoms with Gasteiger partial charge in [0.1, 0.15) is 17.9 Å². The summed E-state index contributed by atoms with van der Waals surface area (Å²) in [5, 5.41) is 0. The van der Waals surface area contributed by atoms with Gasteiger partial charge >= 0.3 is 0 Å². The number of aromatic nitrogens is 3. The van der Waals surface area contributed by atoms with Gasteiger partial charge in [-0.05, 0) is 12.1 Å². The summed E-state index contributed by atoms with van der Waals surface area (Å²) >= 11 is 0. The maximum Gasteiger partial charge on any atom is 0.178 e. The van der Waals surface area contributed by atoms with E-state index in [-0.39, 0.29) is 0 Å². The molecule has 0 aromatic carbocycles. The van der Waals surface area contributed by atoms with E-state index >= 15 is 0 Å². The van der Waals surface area contributed by atoms with E-state index in [1.54, 1.807) is 6.20 Å². The lowest BCUT2D eigenvalue weighted by Crippen LogP contribution is -1.84. The number of nitrogens with zero attached hydrogens (tertiary/aromatic N) is 3. The molecule has 0 spiro atoms. The fourth-order valence-electron chi connectivity index (χ4n) is 0.725. The van der Waals surface area contributed by atoms with E-state index < -0.39 is 0 Å². The first kappa shape index (κ1) is 5.29. The molecule has 2 heterocycles. The smallest absolute Gasteiger partial charge is 0.178 e. The van der Waals surface area contributed by atoms with Gasteiger partial charge in [0, 0.05) is 6.20 Å². The lowest BCUT2D eigenvalue weighted by Gasteiger charge is -1.88. The molecule has 2 aromatic heterocycles. The van der Waals surface area contributed by atoms with Crippen LogP contribution >= 0.6 is 0 Å². The van der Waals surface area contributed by atoms with Crippen molar-refractivity contribution in [2.24, 2.45) is 0 Å². The van der Waals surface area contributed by atoms with Crippen molar-refractivity contribution in [3.63, 3.8) is 0 Å². The van der Waals surface area contributed by atoms with Crippen molar-refractivity contribution in [1.29, 1.82) is 0 Å². The van der Waals surface area contributed by atoms with Gasteiger partial charge in [-0.2, -0.15) is 0 Å². The summed E-state index contributed by atoms with van der Waals surface area (Å²) in [4.78, 5) is 11.7. The Morgan fingerprint density at radius 1 is 1.20 bits per heavy atom. The molecule has 0 atom stereocenters. The summed E-state index contributed by atoms with van der Waals surface area (Å²) in [6, 6.07) is 3.64. The van der Waals surface area contributed by atoms with Gasteiger partial charge in [0.05, 0.1) is 0 Å². The number of hydrogen-bond acceptors (Lipinski definition) is 3. The molecule has 3 nitrogen and oxygen atoms in total. The van der Waals surface area contributed by atoms with E-state index in [2.05, 4.69) is 27.3 Å². The summed E-state index contributed by atoms with van der Waals surface area (Å²) in [6.45, 7) is 0. The Labute approximate surface area is 57.8 Å². The third-order valence-electron chi connectivity index (χ3n) is 1.15. The molecule has 0 amide bonds. The first-order chi connectivity index (χ1) is 4.97. The molecule has 46 valence electrons. The van der Waals surface area contributed by atoms with Gasteiger partial charge < -0.3 is 0 Å². The Morgan fingerprint density at radius 3 is 3.00 bits per heavy atom. The quantitative estimate of drug-likeness (QED) is 0.523. The third kappa shape index (κ3) is 0.719. The van der Waals surface area contributed by atoms with Gasteiger partial charge in [0.15, 0.2) is 5.65 Å². The molecule has 0 saturated carbocycles. The second-order valence-electron chi connectivity index (χ2n) is 1.79. The largest absolute Gasteiger partial charge is 0.240 e. The minimum atomic E-state index is 0.612. The molecule has 0 aliphatic heterocycles. The van der Waals surface area contributed by atoms with Crippen molar-refractivity contribution >= 4 is 11.2 Å². The molecule has 2 aromatic rings. The maximum atomic E-state index is 3.96. The maximum absolute atomic E-state index is 3.96. The normalized spacial score (nSPS) is 10.0. The highest BCUT2D eigenvalue weighted by molar-refractivity contribution is 5.67. The molecule has 3 heteroatoms. The van der Waals surface area contributed by atoms with Crippen LogP contribution in [0.1, 0.15) is 0 Å². The summed E-state index contributed by atoms with van der Waals surface area (Å²) < 4.78 is 0. The van der Waals surface area contributed by atoms with Gasteiger partial charge in [-0.1, -0.05) is 0 Å². The zero-order valence-corrected chi connectivity index (χ0v) is 5.07. The zero-order valence-electron chi connectivity index (χ0n) is 5.07. The molecule has 0 fully saturated rings. The topological polar surface area (TPSA) is 38.7 Å². The minimum absolute atomic E-state index is 0.612. The fraction of sp³-hybridized carbons (Fsp3) is 0. The first-order valence-electron chi connectivity index (χ1n) is 2.83. The van der Waals surface area contributed by atoms with Crippen molar-refractivity contribution in [3.8, 4) is 0 Å². The predicted molar refractivity (Wildman–Crippen MR) is 35.0 cm³/mol. The third-order valence-corrected chi connectivity index (χ3v) is 1.15. The molecule has 0 unspecified atom stereocenters. The van der Waals surface area contributed by atoms with Crippen molar-refractivity contribution in [2.75, 3.05) is 0 Å². The summed E-state index contributed by atoms with van der Waals surface area (Å²) in [5.74, 6) is 0. The van der Waals surface area contributed by atoms with Gasteiger partial charge in [-0.15, -0.1) is 0 Å². The van der Waals surface area contributed by atoms with Crippen LogP contribution < -0.4 is 0 Å².